The van der Waals surface area contributed by atoms with E-state index in [0.717, 1.165) is 25.7 Å². The van der Waals surface area contributed by atoms with E-state index in [1.165, 1.54) is 154 Å². The van der Waals surface area contributed by atoms with Gasteiger partial charge < -0.3 is 10.2 Å². The first-order valence-corrected chi connectivity index (χ1v) is 17.4. The van der Waals surface area contributed by atoms with Crippen LogP contribution in [-0.4, -0.2) is 22.4 Å². The van der Waals surface area contributed by atoms with Gasteiger partial charge in [-0.1, -0.05) is 154 Å². The van der Waals surface area contributed by atoms with Gasteiger partial charge in [-0.05, 0) is 64.2 Å². The van der Waals surface area contributed by atoms with Crippen molar-refractivity contribution in [1.82, 2.24) is 0 Å². The van der Waals surface area contributed by atoms with Gasteiger partial charge >= 0.3 is 0 Å². The second-order valence-electron chi connectivity index (χ2n) is 11.9. The molecule has 2 heteroatoms. The maximum Gasteiger partial charge on any atom is 0.0574 e. The molecule has 0 amide bonds. The van der Waals surface area contributed by atoms with E-state index in [9.17, 15) is 10.2 Å². The van der Waals surface area contributed by atoms with Crippen LogP contribution in [-0.2, 0) is 0 Å². The van der Waals surface area contributed by atoms with Crippen molar-refractivity contribution >= 4 is 0 Å². The van der Waals surface area contributed by atoms with Crippen LogP contribution in [0, 0.1) is 0 Å². The number of aliphatic hydroxyl groups is 2. The van der Waals surface area contributed by atoms with E-state index in [-0.39, 0.29) is 12.2 Å². The maximum atomic E-state index is 10.0. The highest BCUT2D eigenvalue weighted by Crippen LogP contribution is 2.15. The Kier molecular flexibility index (Phi) is 32.1. The predicted molar refractivity (Wildman–Crippen MR) is 171 cm³/mol. The molecular formula is C36H70O2. The molecule has 0 saturated heterocycles. The molecule has 2 nitrogen and oxygen atoms in total. The Hall–Kier alpha value is -0.600. The van der Waals surface area contributed by atoms with Gasteiger partial charge in [0.05, 0.1) is 12.2 Å². The Morgan fingerprint density at radius 2 is 0.684 bits per heavy atom. The third-order valence-electron chi connectivity index (χ3n) is 7.92. The van der Waals surface area contributed by atoms with E-state index >= 15 is 0 Å². The number of aliphatic hydroxyl groups excluding tert-OH is 2. The molecule has 0 heterocycles. The summed E-state index contributed by atoms with van der Waals surface area (Å²) in [6.45, 7) is 4.47. The van der Waals surface area contributed by atoms with Crippen LogP contribution in [0.4, 0.5) is 0 Å². The minimum absolute atomic E-state index is 0.0484. The third kappa shape index (κ3) is 31.6. The van der Waals surface area contributed by atoms with Crippen LogP contribution in [0.3, 0.4) is 0 Å². The molecule has 0 aliphatic carbocycles. The van der Waals surface area contributed by atoms with E-state index in [2.05, 4.69) is 38.2 Å². The predicted octanol–water partition coefficient (Wildman–Crippen LogP) is 11.8. The third-order valence-corrected chi connectivity index (χ3v) is 7.92. The summed E-state index contributed by atoms with van der Waals surface area (Å²) in [4.78, 5) is 0. The fourth-order valence-electron chi connectivity index (χ4n) is 5.24. The number of unbranched alkanes of at least 4 members (excludes halogenated alkanes) is 20. The maximum absolute atomic E-state index is 10.0. The van der Waals surface area contributed by atoms with Crippen molar-refractivity contribution in [2.75, 3.05) is 0 Å². The Labute approximate surface area is 240 Å². The second kappa shape index (κ2) is 32.6. The fourth-order valence-corrected chi connectivity index (χ4v) is 5.24. The van der Waals surface area contributed by atoms with E-state index in [1.807, 2.05) is 0 Å². The molecule has 38 heavy (non-hydrogen) atoms. The molecule has 0 aliphatic heterocycles. The summed E-state index contributed by atoms with van der Waals surface area (Å²) in [5.41, 5.74) is 0. The standard InChI is InChI=1S/C36H70O2/c1-3-5-7-27-31-35(37)33-29-25-23-21-19-17-15-13-11-9-10-12-14-16-18-20-22-24-26-30-34-36(38)32-28-8-6-4-2/h9,11,26,30,35-38H,3-8,10,12-25,27-29,31-34H2,1-2H3/b11-9?,30-26+/t35?,36-/m1/s1. The molecule has 1 unspecified atom stereocenters. The molecule has 0 spiro atoms. The first-order chi connectivity index (χ1) is 18.7. The van der Waals surface area contributed by atoms with E-state index < -0.39 is 0 Å². The summed E-state index contributed by atoms with van der Waals surface area (Å²) in [5.74, 6) is 0. The van der Waals surface area contributed by atoms with Crippen molar-refractivity contribution in [2.24, 2.45) is 0 Å². The molecule has 0 fully saturated rings. The van der Waals surface area contributed by atoms with Gasteiger partial charge in [0.2, 0.25) is 0 Å². The van der Waals surface area contributed by atoms with Gasteiger partial charge in [0.1, 0.15) is 0 Å². The molecule has 0 aromatic carbocycles. The molecule has 0 aromatic rings. The Morgan fingerprint density at radius 3 is 1.11 bits per heavy atom. The zero-order chi connectivity index (χ0) is 27.8. The van der Waals surface area contributed by atoms with Crippen molar-refractivity contribution < 1.29 is 10.2 Å². The summed E-state index contributed by atoms with van der Waals surface area (Å²) >= 11 is 0. The molecule has 0 aromatic heterocycles. The lowest BCUT2D eigenvalue weighted by Gasteiger charge is -2.10. The minimum atomic E-state index is -0.131. The molecule has 2 atom stereocenters. The SMILES string of the molecule is CCCCCCC(O)CCCCCCCCCC=CCCCCCCCC/C=C/C[C@H](O)CCCCCC. The fraction of sp³-hybridized carbons (Fsp3) is 0.889. The number of rotatable bonds is 31. The average Bonchev–Trinajstić information content (AvgIpc) is 2.92. The zero-order valence-electron chi connectivity index (χ0n) is 26.2. The number of hydrogen-bond donors (Lipinski definition) is 2. The largest absolute Gasteiger partial charge is 0.393 e. The van der Waals surface area contributed by atoms with Gasteiger partial charge in [-0.15, -0.1) is 0 Å². The molecule has 226 valence electrons. The van der Waals surface area contributed by atoms with Crippen molar-refractivity contribution in [2.45, 2.75) is 206 Å². The van der Waals surface area contributed by atoms with Crippen molar-refractivity contribution in [3.8, 4) is 0 Å². The molecule has 0 radical (unpaired) electrons. The van der Waals surface area contributed by atoms with E-state index in [4.69, 9.17) is 0 Å². The molecule has 0 aliphatic rings. The average molecular weight is 535 g/mol. The summed E-state index contributed by atoms with van der Waals surface area (Å²) in [6, 6.07) is 0. The van der Waals surface area contributed by atoms with Crippen molar-refractivity contribution in [3.05, 3.63) is 24.3 Å². The summed E-state index contributed by atoms with van der Waals surface area (Å²) in [6.07, 6.45) is 44.2. The minimum Gasteiger partial charge on any atom is -0.393 e. The highest BCUT2D eigenvalue weighted by molar-refractivity contribution is 4.84. The van der Waals surface area contributed by atoms with E-state index in [1.54, 1.807) is 0 Å². The highest BCUT2D eigenvalue weighted by atomic mass is 16.3. The van der Waals surface area contributed by atoms with Gasteiger partial charge in [-0.2, -0.15) is 0 Å². The van der Waals surface area contributed by atoms with Crippen molar-refractivity contribution in [1.29, 1.82) is 0 Å². The topological polar surface area (TPSA) is 40.5 Å². The van der Waals surface area contributed by atoms with Crippen LogP contribution < -0.4 is 0 Å². The van der Waals surface area contributed by atoms with Crippen LogP contribution in [0.5, 0.6) is 0 Å². The molecule has 2 N–H and O–H groups in total. The Morgan fingerprint density at radius 1 is 0.368 bits per heavy atom. The lowest BCUT2D eigenvalue weighted by molar-refractivity contribution is 0.147. The van der Waals surface area contributed by atoms with Gasteiger partial charge in [0.25, 0.3) is 0 Å². The molecule has 0 bridgehead atoms. The summed E-state index contributed by atoms with van der Waals surface area (Å²) < 4.78 is 0. The Balaban J connectivity index is 3.25. The van der Waals surface area contributed by atoms with E-state index in [0.29, 0.717) is 0 Å². The summed E-state index contributed by atoms with van der Waals surface area (Å²) in [7, 11) is 0. The van der Waals surface area contributed by atoms with Gasteiger partial charge in [0, 0.05) is 0 Å². The summed E-state index contributed by atoms with van der Waals surface area (Å²) in [5, 5.41) is 20.0. The quantitative estimate of drug-likeness (QED) is 0.0685. The lowest BCUT2D eigenvalue weighted by atomic mass is 10.0. The van der Waals surface area contributed by atoms with Crippen LogP contribution in [0.2, 0.25) is 0 Å². The van der Waals surface area contributed by atoms with Crippen LogP contribution in [0.15, 0.2) is 24.3 Å². The normalized spacial score (nSPS) is 13.7. The second-order valence-corrected chi connectivity index (χ2v) is 11.9. The van der Waals surface area contributed by atoms with Crippen LogP contribution in [0.25, 0.3) is 0 Å². The van der Waals surface area contributed by atoms with Crippen LogP contribution in [0.1, 0.15) is 194 Å². The zero-order valence-corrected chi connectivity index (χ0v) is 26.2. The molecule has 0 saturated carbocycles. The van der Waals surface area contributed by atoms with Crippen molar-refractivity contribution in [3.63, 3.8) is 0 Å². The first-order valence-electron chi connectivity index (χ1n) is 17.4. The lowest BCUT2D eigenvalue weighted by Crippen LogP contribution is -2.05. The number of hydrogen-bond acceptors (Lipinski definition) is 2. The molecular weight excluding hydrogens is 464 g/mol. The van der Waals surface area contributed by atoms with Gasteiger partial charge in [-0.3, -0.25) is 0 Å². The van der Waals surface area contributed by atoms with Crippen LogP contribution >= 0.6 is 0 Å². The molecule has 0 rings (SSSR count). The monoisotopic (exact) mass is 535 g/mol. The van der Waals surface area contributed by atoms with Gasteiger partial charge in [0.15, 0.2) is 0 Å². The van der Waals surface area contributed by atoms with Gasteiger partial charge in [-0.25, -0.2) is 0 Å². The smallest absolute Gasteiger partial charge is 0.0574 e. The highest BCUT2D eigenvalue weighted by Gasteiger charge is 2.03. The number of allylic oxidation sites excluding steroid dienone is 3. The first kappa shape index (κ1) is 37.4. The Bertz CT molecular complexity index is 484.